The molecule has 0 saturated carbocycles. The Kier molecular flexibility index (Phi) is 7.00. The first-order valence-electron chi connectivity index (χ1n) is 8.67. The second-order valence-electron chi connectivity index (χ2n) is 6.11. The van der Waals surface area contributed by atoms with Crippen LogP contribution in [-0.4, -0.2) is 17.0 Å². The molecule has 7 nitrogen and oxygen atoms in total. The van der Waals surface area contributed by atoms with Crippen LogP contribution in [0.15, 0.2) is 71.8 Å². The van der Waals surface area contributed by atoms with Gasteiger partial charge in [0.1, 0.15) is 17.4 Å². The number of hydrogen-bond donors (Lipinski definition) is 1. The van der Waals surface area contributed by atoms with Gasteiger partial charge >= 0.3 is 0 Å². The van der Waals surface area contributed by atoms with Crippen LogP contribution in [0.1, 0.15) is 21.5 Å². The molecule has 9 heteroatoms. The minimum absolute atomic E-state index is 0.0274. The standard InChI is InChI=1S/C21H15Cl2N3O4/c22-17-6-1-14(2-7-17)13-30-18-8-4-16(5-9-18)21(27)25-24-12-15-3-10-19(23)20(11-15)26(28)29/h1-12H,13H2,(H,25,27)/b24-12-. The average molecular weight is 444 g/mol. The predicted octanol–water partition coefficient (Wildman–Crippen LogP) is 5.24. The monoisotopic (exact) mass is 443 g/mol. The highest BCUT2D eigenvalue weighted by Crippen LogP contribution is 2.24. The van der Waals surface area contributed by atoms with Crippen molar-refractivity contribution >= 4 is 41.0 Å². The van der Waals surface area contributed by atoms with E-state index in [0.29, 0.717) is 28.5 Å². The lowest BCUT2D eigenvalue weighted by atomic mass is 10.2. The number of carbonyl (C=O) groups excluding carboxylic acids is 1. The first-order chi connectivity index (χ1) is 14.4. The average Bonchev–Trinajstić information content (AvgIpc) is 2.74. The van der Waals surface area contributed by atoms with Crippen molar-refractivity contribution in [1.82, 2.24) is 5.43 Å². The molecule has 0 atom stereocenters. The third-order valence-corrected chi connectivity index (χ3v) is 4.55. The van der Waals surface area contributed by atoms with Crippen LogP contribution in [0.3, 0.4) is 0 Å². The van der Waals surface area contributed by atoms with Crippen molar-refractivity contribution in [3.8, 4) is 5.75 Å². The van der Waals surface area contributed by atoms with Crippen LogP contribution < -0.4 is 10.2 Å². The molecule has 0 aliphatic heterocycles. The number of nitrogens with one attached hydrogen (secondary N) is 1. The molecule has 0 saturated heterocycles. The number of hydrogen-bond acceptors (Lipinski definition) is 5. The van der Waals surface area contributed by atoms with Crippen LogP contribution in [0.5, 0.6) is 5.75 Å². The van der Waals surface area contributed by atoms with E-state index >= 15 is 0 Å². The Hall–Kier alpha value is -3.42. The van der Waals surface area contributed by atoms with Gasteiger partial charge in [0, 0.05) is 22.2 Å². The van der Waals surface area contributed by atoms with Crippen LogP contribution in [0.4, 0.5) is 5.69 Å². The SMILES string of the molecule is O=C(N/N=C\c1ccc(Cl)c([N+](=O)[O-])c1)c1ccc(OCc2ccc(Cl)cc2)cc1. The largest absolute Gasteiger partial charge is 0.489 e. The van der Waals surface area contributed by atoms with Crippen LogP contribution in [0.25, 0.3) is 0 Å². The number of ether oxygens (including phenoxy) is 1. The number of benzene rings is 3. The molecular formula is C21H15Cl2N3O4. The number of nitrogens with zero attached hydrogens (tertiary/aromatic N) is 2. The van der Waals surface area contributed by atoms with Gasteiger partial charge in [-0.05, 0) is 48.0 Å². The van der Waals surface area contributed by atoms with Crippen molar-refractivity contribution in [2.24, 2.45) is 5.10 Å². The van der Waals surface area contributed by atoms with Gasteiger partial charge in [-0.3, -0.25) is 14.9 Å². The molecule has 3 rings (SSSR count). The lowest BCUT2D eigenvalue weighted by Crippen LogP contribution is -2.17. The minimum Gasteiger partial charge on any atom is -0.489 e. The Labute approximate surface area is 182 Å². The Morgan fingerprint density at radius 1 is 1.07 bits per heavy atom. The number of nitro groups is 1. The highest BCUT2D eigenvalue weighted by molar-refractivity contribution is 6.32. The van der Waals surface area contributed by atoms with E-state index in [0.717, 1.165) is 5.56 Å². The number of hydrazone groups is 1. The maximum absolute atomic E-state index is 12.2. The molecule has 0 fully saturated rings. The van der Waals surface area contributed by atoms with E-state index in [1.807, 2.05) is 12.1 Å². The van der Waals surface area contributed by atoms with E-state index in [1.165, 1.54) is 18.3 Å². The van der Waals surface area contributed by atoms with E-state index in [-0.39, 0.29) is 10.7 Å². The van der Waals surface area contributed by atoms with Gasteiger partial charge in [0.25, 0.3) is 11.6 Å². The summed E-state index contributed by atoms with van der Waals surface area (Å²) >= 11 is 11.6. The van der Waals surface area contributed by atoms with Gasteiger partial charge in [-0.2, -0.15) is 5.10 Å². The fraction of sp³-hybridized carbons (Fsp3) is 0.0476. The molecule has 1 amide bonds. The fourth-order valence-electron chi connectivity index (χ4n) is 2.43. The molecule has 1 N–H and O–H groups in total. The molecule has 0 aromatic heterocycles. The van der Waals surface area contributed by atoms with Gasteiger partial charge in [0.05, 0.1) is 11.1 Å². The molecule has 3 aromatic rings. The van der Waals surface area contributed by atoms with Gasteiger partial charge < -0.3 is 4.74 Å². The molecule has 30 heavy (non-hydrogen) atoms. The highest BCUT2D eigenvalue weighted by atomic mass is 35.5. The molecule has 0 aliphatic rings. The fourth-order valence-corrected chi connectivity index (χ4v) is 2.74. The number of carbonyl (C=O) groups is 1. The summed E-state index contributed by atoms with van der Waals surface area (Å²) in [7, 11) is 0. The summed E-state index contributed by atoms with van der Waals surface area (Å²) in [6, 6.07) is 18.1. The van der Waals surface area contributed by atoms with Crippen molar-refractivity contribution in [1.29, 1.82) is 0 Å². The van der Waals surface area contributed by atoms with Crippen molar-refractivity contribution in [3.05, 3.63) is 104 Å². The Morgan fingerprint density at radius 2 is 1.77 bits per heavy atom. The molecule has 0 spiro atoms. The van der Waals surface area contributed by atoms with Crippen LogP contribution >= 0.6 is 23.2 Å². The van der Waals surface area contributed by atoms with Gasteiger partial charge in [-0.15, -0.1) is 0 Å². The number of halogens is 2. The minimum atomic E-state index is -0.588. The Bertz CT molecular complexity index is 1080. The van der Waals surface area contributed by atoms with Crippen LogP contribution in [-0.2, 0) is 6.61 Å². The number of rotatable bonds is 7. The van der Waals surface area contributed by atoms with Crippen LogP contribution in [0, 0.1) is 10.1 Å². The summed E-state index contributed by atoms with van der Waals surface area (Å²) in [5.41, 5.74) is 3.91. The third-order valence-electron chi connectivity index (χ3n) is 3.98. The van der Waals surface area contributed by atoms with Gasteiger partial charge in [0.2, 0.25) is 0 Å². The molecule has 3 aromatic carbocycles. The lowest BCUT2D eigenvalue weighted by Gasteiger charge is -2.07. The third kappa shape index (κ3) is 5.79. The second-order valence-corrected chi connectivity index (χ2v) is 6.95. The van der Waals surface area contributed by atoms with E-state index in [2.05, 4.69) is 10.5 Å². The van der Waals surface area contributed by atoms with Crippen molar-refractivity contribution < 1.29 is 14.5 Å². The molecule has 0 heterocycles. The molecule has 0 radical (unpaired) electrons. The molecule has 0 unspecified atom stereocenters. The smallest absolute Gasteiger partial charge is 0.288 e. The van der Waals surface area contributed by atoms with Crippen LogP contribution in [0.2, 0.25) is 10.0 Å². The summed E-state index contributed by atoms with van der Waals surface area (Å²) in [4.78, 5) is 22.5. The first kappa shape index (κ1) is 21.3. The summed E-state index contributed by atoms with van der Waals surface area (Å²) in [5.74, 6) is 0.178. The summed E-state index contributed by atoms with van der Waals surface area (Å²) in [5, 5.41) is 15.4. The molecule has 0 aliphatic carbocycles. The van der Waals surface area contributed by atoms with Gasteiger partial charge in [-0.25, -0.2) is 5.43 Å². The van der Waals surface area contributed by atoms with Crippen molar-refractivity contribution in [2.75, 3.05) is 0 Å². The van der Waals surface area contributed by atoms with E-state index < -0.39 is 10.8 Å². The number of amides is 1. The van der Waals surface area contributed by atoms with Crippen molar-refractivity contribution in [3.63, 3.8) is 0 Å². The summed E-state index contributed by atoms with van der Waals surface area (Å²) in [6.45, 7) is 0.375. The topological polar surface area (TPSA) is 93.8 Å². The van der Waals surface area contributed by atoms with Crippen molar-refractivity contribution in [2.45, 2.75) is 6.61 Å². The second kappa shape index (κ2) is 9.87. The van der Waals surface area contributed by atoms with E-state index in [9.17, 15) is 14.9 Å². The first-order valence-corrected chi connectivity index (χ1v) is 9.42. The lowest BCUT2D eigenvalue weighted by molar-refractivity contribution is -0.384. The quantitative estimate of drug-likeness (QED) is 0.306. The zero-order valence-electron chi connectivity index (χ0n) is 15.4. The van der Waals surface area contributed by atoms with Gasteiger partial charge in [0.15, 0.2) is 0 Å². The maximum atomic E-state index is 12.2. The molecular weight excluding hydrogens is 429 g/mol. The van der Waals surface area contributed by atoms with Gasteiger partial charge in [-0.1, -0.05) is 41.4 Å². The highest BCUT2D eigenvalue weighted by Gasteiger charge is 2.12. The van der Waals surface area contributed by atoms with E-state index in [4.69, 9.17) is 27.9 Å². The normalized spacial score (nSPS) is 10.7. The Balaban J connectivity index is 1.55. The molecule has 0 bridgehead atoms. The zero-order chi connectivity index (χ0) is 21.5. The molecule has 152 valence electrons. The summed E-state index contributed by atoms with van der Waals surface area (Å²) < 4.78 is 5.68. The number of nitro benzene ring substituents is 1. The predicted molar refractivity (Wildman–Crippen MR) is 115 cm³/mol. The summed E-state index contributed by atoms with van der Waals surface area (Å²) in [6.07, 6.45) is 1.30. The Morgan fingerprint density at radius 3 is 2.43 bits per heavy atom. The maximum Gasteiger partial charge on any atom is 0.288 e. The van der Waals surface area contributed by atoms with E-state index in [1.54, 1.807) is 42.5 Å². The zero-order valence-corrected chi connectivity index (χ0v) is 16.9.